The maximum Gasteiger partial charge on any atom is 0.504 e. The molecule has 7 heteroatoms. The third-order valence-electron chi connectivity index (χ3n) is 1.89. The van der Waals surface area contributed by atoms with Crippen LogP contribution in [0.2, 0.25) is 6.04 Å². The molecular weight excluding hydrogens is 260 g/mol. The highest BCUT2D eigenvalue weighted by Crippen LogP contribution is 2.16. The van der Waals surface area contributed by atoms with Gasteiger partial charge in [-0.25, -0.2) is 0 Å². The molecule has 0 aliphatic heterocycles. The number of carbonyl (C=O) groups is 1. The van der Waals surface area contributed by atoms with Gasteiger partial charge in [-0.1, -0.05) is 0 Å². The molecule has 0 fully saturated rings. The van der Waals surface area contributed by atoms with Crippen molar-refractivity contribution in [3.8, 4) is 0 Å². The van der Waals surface area contributed by atoms with Crippen molar-refractivity contribution in [2.24, 2.45) is 0 Å². The number of hydrogen-bond acceptors (Lipinski definition) is 6. The summed E-state index contributed by atoms with van der Waals surface area (Å²) in [5.74, 6) is -0.271. The molecule has 0 saturated carbocycles. The minimum atomic E-state index is -2.68. The lowest BCUT2D eigenvalue weighted by molar-refractivity contribution is -0.140. The first-order valence-corrected chi connectivity index (χ1v) is 8.38. The van der Waals surface area contributed by atoms with E-state index in [0.717, 1.165) is 0 Å². The smallest absolute Gasteiger partial charge is 0.465 e. The van der Waals surface area contributed by atoms with Crippen molar-refractivity contribution in [3.05, 3.63) is 0 Å². The molecule has 0 aromatic rings. The maximum atomic E-state index is 11.0. The summed E-state index contributed by atoms with van der Waals surface area (Å²) in [4.78, 5) is 11.0. The normalized spacial score (nSPS) is 11.5. The van der Waals surface area contributed by atoms with E-state index in [9.17, 15) is 4.79 Å². The zero-order chi connectivity index (χ0) is 13.1. The summed E-state index contributed by atoms with van der Waals surface area (Å²) in [6.45, 7) is 7.47. The average Bonchev–Trinajstić information content (AvgIpc) is 2.30. The second kappa shape index (κ2) is 9.90. The topological polar surface area (TPSA) is 54.0 Å². The zero-order valence-corrected chi connectivity index (χ0v) is 12.6. The van der Waals surface area contributed by atoms with E-state index in [-0.39, 0.29) is 18.3 Å². The molecule has 0 aromatic carbocycles. The predicted molar refractivity (Wildman–Crippen MR) is 70.3 cm³/mol. The predicted octanol–water partition coefficient (Wildman–Crippen LogP) is 1.51. The van der Waals surface area contributed by atoms with Crippen molar-refractivity contribution in [3.63, 3.8) is 0 Å². The van der Waals surface area contributed by atoms with Gasteiger partial charge in [-0.15, -0.1) is 0 Å². The Labute approximate surface area is 110 Å². The largest absolute Gasteiger partial charge is 0.504 e. The van der Waals surface area contributed by atoms with E-state index in [2.05, 4.69) is 12.6 Å². The first-order chi connectivity index (χ1) is 8.14. The van der Waals surface area contributed by atoms with Crippen LogP contribution in [-0.2, 0) is 22.8 Å². The Morgan fingerprint density at radius 3 is 1.88 bits per heavy atom. The summed E-state index contributed by atoms with van der Waals surface area (Å²) in [6, 6.07) is 0.474. The maximum absolute atomic E-state index is 11.0. The Morgan fingerprint density at radius 2 is 1.53 bits per heavy atom. The standard InChI is InChI=1S/C10H22O5SSi/c1-4-13-17(14-5-2,15-6-3)8-7-12-10(11)9-16/h16H,4-9H2,1-3H3. The summed E-state index contributed by atoms with van der Waals surface area (Å²) in [7, 11) is -2.68. The van der Waals surface area contributed by atoms with Crippen molar-refractivity contribution in [1.29, 1.82) is 0 Å². The molecule has 0 N–H and O–H groups in total. The fourth-order valence-electron chi connectivity index (χ4n) is 1.34. The van der Waals surface area contributed by atoms with Crippen LogP contribution in [0, 0.1) is 0 Å². The van der Waals surface area contributed by atoms with Gasteiger partial charge in [0.05, 0.1) is 18.4 Å². The molecule has 0 unspecified atom stereocenters. The van der Waals surface area contributed by atoms with Gasteiger partial charge in [0, 0.05) is 19.8 Å². The number of carbonyl (C=O) groups excluding carboxylic acids is 1. The van der Waals surface area contributed by atoms with Crippen LogP contribution in [0.4, 0.5) is 0 Å². The van der Waals surface area contributed by atoms with E-state index in [1.807, 2.05) is 20.8 Å². The third kappa shape index (κ3) is 7.05. The molecule has 0 rings (SSSR count). The molecule has 0 saturated heterocycles. The van der Waals surface area contributed by atoms with E-state index >= 15 is 0 Å². The van der Waals surface area contributed by atoms with Gasteiger partial charge in [-0.2, -0.15) is 12.6 Å². The minimum Gasteiger partial charge on any atom is -0.465 e. The van der Waals surface area contributed by atoms with Crippen LogP contribution in [0.1, 0.15) is 20.8 Å². The van der Waals surface area contributed by atoms with Crippen molar-refractivity contribution in [2.45, 2.75) is 26.8 Å². The van der Waals surface area contributed by atoms with E-state index < -0.39 is 8.80 Å². The molecule has 0 bridgehead atoms. The van der Waals surface area contributed by atoms with Crippen LogP contribution in [0.15, 0.2) is 0 Å². The molecule has 0 radical (unpaired) electrons. The van der Waals surface area contributed by atoms with Gasteiger partial charge < -0.3 is 18.0 Å². The SMILES string of the molecule is CCO[Si](CCOC(=O)CS)(OCC)OCC. The first kappa shape index (κ1) is 16.9. The Balaban J connectivity index is 4.27. The Kier molecular flexibility index (Phi) is 9.85. The van der Waals surface area contributed by atoms with Crippen LogP contribution in [-0.4, -0.2) is 47.0 Å². The molecule has 5 nitrogen and oxygen atoms in total. The summed E-state index contributed by atoms with van der Waals surface area (Å²) >= 11 is 3.83. The fourth-order valence-corrected chi connectivity index (χ4v) is 3.78. The van der Waals surface area contributed by atoms with Gasteiger partial charge in [0.1, 0.15) is 0 Å². The monoisotopic (exact) mass is 282 g/mol. The summed E-state index contributed by atoms with van der Waals surface area (Å²) in [6.07, 6.45) is 0. The fraction of sp³-hybridized carbons (Fsp3) is 0.900. The molecule has 0 heterocycles. The second-order valence-corrected chi connectivity index (χ2v) is 6.16. The number of ether oxygens (including phenoxy) is 1. The number of esters is 1. The third-order valence-corrected chi connectivity index (χ3v) is 5.15. The van der Waals surface area contributed by atoms with Crippen molar-refractivity contribution in [1.82, 2.24) is 0 Å². The van der Waals surface area contributed by atoms with Crippen molar-refractivity contribution < 1.29 is 22.8 Å². The van der Waals surface area contributed by atoms with Crippen molar-refractivity contribution >= 4 is 27.4 Å². The zero-order valence-electron chi connectivity index (χ0n) is 10.7. The molecule has 102 valence electrons. The van der Waals surface area contributed by atoms with Crippen molar-refractivity contribution in [2.75, 3.05) is 32.2 Å². The van der Waals surface area contributed by atoms with Crippen LogP contribution in [0.5, 0.6) is 0 Å². The Hall–Kier alpha value is -0.0831. The summed E-state index contributed by atoms with van der Waals surface area (Å²) in [5, 5.41) is 0. The van der Waals surface area contributed by atoms with Crippen LogP contribution in [0.3, 0.4) is 0 Å². The molecule has 0 aliphatic rings. The Bertz CT molecular complexity index is 198. The van der Waals surface area contributed by atoms with Crippen LogP contribution in [0.25, 0.3) is 0 Å². The number of rotatable bonds is 10. The highest BCUT2D eigenvalue weighted by Gasteiger charge is 2.40. The highest BCUT2D eigenvalue weighted by molar-refractivity contribution is 7.81. The van der Waals surface area contributed by atoms with Gasteiger partial charge in [0.2, 0.25) is 0 Å². The molecule has 0 amide bonds. The van der Waals surface area contributed by atoms with E-state index in [4.69, 9.17) is 18.0 Å². The number of hydrogen-bond donors (Lipinski definition) is 1. The Morgan fingerprint density at radius 1 is 1.06 bits per heavy atom. The second-order valence-electron chi connectivity index (χ2n) is 3.11. The van der Waals surface area contributed by atoms with Gasteiger partial charge in [-0.05, 0) is 20.8 Å². The van der Waals surface area contributed by atoms with Crippen LogP contribution < -0.4 is 0 Å². The van der Waals surface area contributed by atoms with Gasteiger partial charge >= 0.3 is 14.8 Å². The van der Waals surface area contributed by atoms with Gasteiger partial charge in [0.15, 0.2) is 0 Å². The highest BCUT2D eigenvalue weighted by atomic mass is 32.1. The molecule has 0 aromatic heterocycles. The minimum absolute atomic E-state index is 0.0759. The summed E-state index contributed by atoms with van der Waals surface area (Å²) < 4.78 is 21.8. The lowest BCUT2D eigenvalue weighted by Gasteiger charge is -2.28. The number of thiol groups is 1. The average molecular weight is 282 g/mol. The lowest BCUT2D eigenvalue weighted by Crippen LogP contribution is -2.47. The first-order valence-electron chi connectivity index (χ1n) is 5.82. The molecular formula is C10H22O5SSi. The van der Waals surface area contributed by atoms with Gasteiger partial charge in [-0.3, -0.25) is 4.79 Å². The van der Waals surface area contributed by atoms with Crippen LogP contribution >= 0.6 is 12.6 Å². The molecule has 17 heavy (non-hydrogen) atoms. The molecule has 0 atom stereocenters. The van der Waals surface area contributed by atoms with E-state index in [0.29, 0.717) is 25.9 Å². The molecule has 0 spiro atoms. The van der Waals surface area contributed by atoms with E-state index in [1.54, 1.807) is 0 Å². The molecule has 0 aliphatic carbocycles. The van der Waals surface area contributed by atoms with Gasteiger partial charge in [0.25, 0.3) is 0 Å². The quantitative estimate of drug-likeness (QED) is 0.374. The summed E-state index contributed by atoms with van der Waals surface area (Å²) in [5.41, 5.74) is 0. The lowest BCUT2D eigenvalue weighted by atomic mass is 10.7. The van der Waals surface area contributed by atoms with E-state index in [1.165, 1.54) is 0 Å².